The maximum absolute atomic E-state index is 12.9. The number of aryl methyl sites for hydroxylation is 4. The molecule has 1 aliphatic carbocycles. The summed E-state index contributed by atoms with van der Waals surface area (Å²) < 4.78 is 5.60. The number of nitrogens with zero attached hydrogens (tertiary/aromatic N) is 1. The van der Waals surface area contributed by atoms with Gasteiger partial charge in [0.2, 0.25) is 0 Å². The summed E-state index contributed by atoms with van der Waals surface area (Å²) in [5.41, 5.74) is 7.60. The van der Waals surface area contributed by atoms with Crippen molar-refractivity contribution >= 4 is 23.3 Å². The number of hydrogen-bond donors (Lipinski definition) is 4. The summed E-state index contributed by atoms with van der Waals surface area (Å²) in [5, 5.41) is 26.3. The summed E-state index contributed by atoms with van der Waals surface area (Å²) in [4.78, 5) is 25.8. The standard InChI is InChI=1S/C31H45N3O5/c1-22-12-14-26(20-23(22)2)32-17-6-8-19-39-29(28(35)31(37)38)30(36)34(3)18-7-4-5-16-33-27-15-13-24-10-9-11-25(24)21-27/h12-15,20-21,28-29,32-33,35H,4-11,16-19H2,1-3H3,(H,37,38). The number of aliphatic carboxylic acids is 1. The fourth-order valence-electron chi connectivity index (χ4n) is 4.84. The highest BCUT2D eigenvalue weighted by atomic mass is 16.5. The Bertz CT molecular complexity index is 1090. The Morgan fingerprint density at radius 3 is 2.28 bits per heavy atom. The van der Waals surface area contributed by atoms with Gasteiger partial charge in [-0.25, -0.2) is 4.79 Å². The molecule has 8 heteroatoms. The number of benzene rings is 2. The first-order chi connectivity index (χ1) is 18.8. The summed E-state index contributed by atoms with van der Waals surface area (Å²) in [6.07, 6.45) is 4.37. The minimum absolute atomic E-state index is 0.192. The summed E-state index contributed by atoms with van der Waals surface area (Å²) in [6, 6.07) is 12.8. The van der Waals surface area contributed by atoms with Crippen LogP contribution in [0.1, 0.15) is 60.8 Å². The molecule has 0 aromatic heterocycles. The van der Waals surface area contributed by atoms with Gasteiger partial charge in [-0.2, -0.15) is 0 Å². The molecule has 0 saturated carbocycles. The minimum atomic E-state index is -1.90. The SMILES string of the molecule is Cc1ccc(NCCCCOC(C(=O)N(C)CCCCCNc2ccc3c(c2)CCC3)C(O)C(=O)O)cc1C. The quantitative estimate of drug-likeness (QED) is 0.218. The smallest absolute Gasteiger partial charge is 0.335 e. The van der Waals surface area contributed by atoms with Crippen LogP contribution in [0.3, 0.4) is 0 Å². The molecule has 0 bridgehead atoms. The largest absolute Gasteiger partial charge is 0.479 e. The number of anilines is 2. The van der Waals surface area contributed by atoms with Gasteiger partial charge in [0.15, 0.2) is 12.2 Å². The Hall–Kier alpha value is -3.10. The first kappa shape index (κ1) is 30.4. The van der Waals surface area contributed by atoms with Crippen molar-refractivity contribution in [3.8, 4) is 0 Å². The van der Waals surface area contributed by atoms with Gasteiger partial charge in [-0.15, -0.1) is 0 Å². The van der Waals surface area contributed by atoms with Gasteiger partial charge >= 0.3 is 5.97 Å². The lowest BCUT2D eigenvalue weighted by atomic mass is 10.1. The Morgan fingerprint density at radius 2 is 1.56 bits per heavy atom. The summed E-state index contributed by atoms with van der Waals surface area (Å²) in [5.74, 6) is -1.97. The molecule has 1 aliphatic rings. The minimum Gasteiger partial charge on any atom is -0.479 e. The van der Waals surface area contributed by atoms with E-state index in [2.05, 4.69) is 54.8 Å². The van der Waals surface area contributed by atoms with Gasteiger partial charge in [0, 0.05) is 44.7 Å². The third-order valence-electron chi connectivity index (χ3n) is 7.46. The van der Waals surface area contributed by atoms with Crippen LogP contribution in [0.4, 0.5) is 11.4 Å². The molecular formula is C31H45N3O5. The molecule has 0 radical (unpaired) electrons. The Kier molecular flexibility index (Phi) is 12.1. The molecule has 0 spiro atoms. The average molecular weight is 540 g/mol. The monoisotopic (exact) mass is 539 g/mol. The second-order valence-corrected chi connectivity index (χ2v) is 10.6. The lowest BCUT2D eigenvalue weighted by molar-refractivity contribution is -0.166. The van der Waals surface area contributed by atoms with Crippen LogP contribution in [0, 0.1) is 13.8 Å². The number of likely N-dealkylation sites (N-methyl/N-ethyl adjacent to an activating group) is 1. The van der Waals surface area contributed by atoms with Crippen molar-refractivity contribution < 1.29 is 24.5 Å². The molecule has 39 heavy (non-hydrogen) atoms. The van der Waals surface area contributed by atoms with Crippen molar-refractivity contribution in [3.05, 3.63) is 58.7 Å². The molecule has 2 unspecified atom stereocenters. The van der Waals surface area contributed by atoms with Crippen molar-refractivity contribution in [1.82, 2.24) is 4.90 Å². The average Bonchev–Trinajstić information content (AvgIpc) is 3.39. The maximum atomic E-state index is 12.9. The Labute approximate surface area is 232 Å². The highest BCUT2D eigenvalue weighted by molar-refractivity contribution is 5.87. The van der Waals surface area contributed by atoms with E-state index in [1.165, 1.54) is 40.0 Å². The number of carboxylic acids is 1. The number of ether oxygens (including phenoxy) is 1. The lowest BCUT2D eigenvalue weighted by Gasteiger charge is -2.25. The molecule has 3 rings (SSSR count). The first-order valence-electron chi connectivity index (χ1n) is 14.2. The second-order valence-electron chi connectivity index (χ2n) is 10.6. The second kappa shape index (κ2) is 15.5. The van der Waals surface area contributed by atoms with Gasteiger partial charge < -0.3 is 30.5 Å². The number of rotatable bonds is 17. The van der Waals surface area contributed by atoms with Gasteiger partial charge in [-0.3, -0.25) is 4.79 Å². The van der Waals surface area contributed by atoms with Crippen molar-refractivity contribution in [3.63, 3.8) is 0 Å². The zero-order valence-corrected chi connectivity index (χ0v) is 23.7. The third-order valence-corrected chi connectivity index (χ3v) is 7.46. The number of aliphatic hydroxyl groups is 1. The van der Waals surface area contributed by atoms with Crippen LogP contribution in [-0.4, -0.2) is 72.5 Å². The maximum Gasteiger partial charge on any atom is 0.335 e. The molecule has 4 N–H and O–H groups in total. The van der Waals surface area contributed by atoms with Crippen LogP contribution in [-0.2, 0) is 27.2 Å². The highest BCUT2D eigenvalue weighted by Gasteiger charge is 2.34. The van der Waals surface area contributed by atoms with E-state index >= 15 is 0 Å². The highest BCUT2D eigenvalue weighted by Crippen LogP contribution is 2.25. The third kappa shape index (κ3) is 9.55. The fourth-order valence-corrected chi connectivity index (χ4v) is 4.84. The number of carbonyl (C=O) groups is 2. The van der Waals surface area contributed by atoms with E-state index < -0.39 is 24.1 Å². The van der Waals surface area contributed by atoms with Gasteiger partial charge in [-0.1, -0.05) is 12.1 Å². The Morgan fingerprint density at radius 1 is 0.897 bits per heavy atom. The molecule has 2 atom stereocenters. The fraction of sp³-hybridized carbons (Fsp3) is 0.548. The number of carbonyl (C=O) groups excluding carboxylic acids is 1. The Balaban J connectivity index is 1.33. The van der Waals surface area contributed by atoms with Crippen LogP contribution < -0.4 is 10.6 Å². The number of amides is 1. The molecule has 0 saturated heterocycles. The number of nitrogens with one attached hydrogen (secondary N) is 2. The van der Waals surface area contributed by atoms with Crippen LogP contribution in [0.5, 0.6) is 0 Å². The van der Waals surface area contributed by atoms with Crippen molar-refractivity contribution in [1.29, 1.82) is 0 Å². The number of carboxylic acid groups (broad SMARTS) is 1. The summed E-state index contributed by atoms with van der Waals surface area (Å²) >= 11 is 0. The molecule has 0 aliphatic heterocycles. The van der Waals surface area contributed by atoms with Gasteiger partial charge in [0.05, 0.1) is 0 Å². The van der Waals surface area contributed by atoms with Crippen LogP contribution >= 0.6 is 0 Å². The molecule has 0 heterocycles. The van der Waals surface area contributed by atoms with Crippen LogP contribution in [0.2, 0.25) is 0 Å². The summed E-state index contributed by atoms with van der Waals surface area (Å²) in [7, 11) is 1.63. The molecule has 2 aromatic carbocycles. The van der Waals surface area contributed by atoms with Crippen molar-refractivity contribution in [2.45, 2.75) is 77.4 Å². The van der Waals surface area contributed by atoms with Crippen molar-refractivity contribution in [2.75, 3.05) is 43.9 Å². The molecule has 8 nitrogen and oxygen atoms in total. The molecule has 0 fully saturated rings. The van der Waals surface area contributed by atoms with E-state index in [4.69, 9.17) is 4.74 Å². The molecule has 214 valence electrons. The summed E-state index contributed by atoms with van der Waals surface area (Å²) in [6.45, 7) is 6.40. The van der Waals surface area contributed by atoms with E-state index in [1.54, 1.807) is 7.05 Å². The zero-order chi connectivity index (χ0) is 28.2. The topological polar surface area (TPSA) is 111 Å². The predicted octanol–water partition coefficient (Wildman–Crippen LogP) is 4.56. The number of aliphatic hydroxyl groups excluding tert-OH is 1. The van der Waals surface area contributed by atoms with Crippen LogP contribution in [0.25, 0.3) is 0 Å². The zero-order valence-electron chi connectivity index (χ0n) is 23.7. The molecular weight excluding hydrogens is 494 g/mol. The van der Waals surface area contributed by atoms with Gasteiger partial charge in [-0.05, 0) is 112 Å². The van der Waals surface area contributed by atoms with E-state index in [9.17, 15) is 19.8 Å². The van der Waals surface area contributed by atoms with Crippen molar-refractivity contribution in [2.24, 2.45) is 0 Å². The number of unbranched alkanes of at least 4 members (excludes halogenated alkanes) is 3. The van der Waals surface area contributed by atoms with Gasteiger partial charge in [0.25, 0.3) is 5.91 Å². The molecule has 1 amide bonds. The predicted molar refractivity (Wildman–Crippen MR) is 155 cm³/mol. The first-order valence-corrected chi connectivity index (χ1v) is 14.2. The van der Waals surface area contributed by atoms with Crippen LogP contribution in [0.15, 0.2) is 36.4 Å². The number of hydrogen-bond acceptors (Lipinski definition) is 6. The lowest BCUT2D eigenvalue weighted by Crippen LogP contribution is -2.48. The van der Waals surface area contributed by atoms with E-state index in [-0.39, 0.29) is 6.61 Å². The normalized spacial score (nSPS) is 13.9. The van der Waals surface area contributed by atoms with E-state index in [0.717, 1.165) is 56.6 Å². The molecule has 2 aromatic rings. The van der Waals surface area contributed by atoms with E-state index in [0.29, 0.717) is 13.0 Å². The van der Waals surface area contributed by atoms with Gasteiger partial charge in [0.1, 0.15) is 0 Å². The number of fused-ring (bicyclic) bond motifs is 1. The van der Waals surface area contributed by atoms with E-state index in [1.807, 2.05) is 6.07 Å².